The van der Waals surface area contributed by atoms with E-state index in [1.807, 2.05) is 48.0 Å². The molecule has 0 amide bonds. The summed E-state index contributed by atoms with van der Waals surface area (Å²) in [6.45, 7) is 2.39. The Bertz CT molecular complexity index is 1110. The Hall–Kier alpha value is -3.39. The normalized spacial score (nSPS) is 14.1. The lowest BCUT2D eigenvalue weighted by molar-refractivity contribution is 0.0697. The first-order valence-electron chi connectivity index (χ1n) is 10.9. The second kappa shape index (κ2) is 9.61. The number of aromatic carboxylic acids is 1. The van der Waals surface area contributed by atoms with Gasteiger partial charge in [-0.15, -0.1) is 5.92 Å². The topological polar surface area (TPSA) is 68.0 Å². The molecule has 5 heteroatoms. The smallest absolute Gasteiger partial charge is 0.336 e. The van der Waals surface area contributed by atoms with Crippen molar-refractivity contribution < 1.29 is 9.90 Å². The molecule has 0 saturated heterocycles. The molecule has 1 N–H and O–H groups in total. The van der Waals surface area contributed by atoms with Gasteiger partial charge in [-0.05, 0) is 42.5 Å². The molecule has 1 aromatic heterocycles. The zero-order chi connectivity index (χ0) is 21.6. The molecule has 1 fully saturated rings. The van der Waals surface area contributed by atoms with E-state index in [-0.39, 0.29) is 0 Å². The second-order valence-corrected chi connectivity index (χ2v) is 8.03. The Morgan fingerprint density at radius 2 is 1.84 bits per heavy atom. The molecule has 3 aromatic rings. The molecule has 158 valence electrons. The van der Waals surface area contributed by atoms with Crippen LogP contribution in [0.4, 0.5) is 0 Å². The highest BCUT2D eigenvalue weighted by atomic mass is 16.4. The van der Waals surface area contributed by atoms with E-state index in [1.165, 1.54) is 32.1 Å². The van der Waals surface area contributed by atoms with Crippen LogP contribution in [-0.4, -0.2) is 25.8 Å². The molecule has 0 radical (unpaired) electrons. The molecule has 0 unspecified atom stereocenters. The van der Waals surface area contributed by atoms with E-state index in [0.717, 1.165) is 28.3 Å². The van der Waals surface area contributed by atoms with Crippen molar-refractivity contribution in [1.82, 2.24) is 14.8 Å². The van der Waals surface area contributed by atoms with E-state index in [4.69, 9.17) is 10.1 Å². The van der Waals surface area contributed by atoms with Gasteiger partial charge in [-0.25, -0.2) is 14.5 Å². The van der Waals surface area contributed by atoms with Crippen LogP contribution in [0.2, 0.25) is 0 Å². The van der Waals surface area contributed by atoms with Gasteiger partial charge in [0.2, 0.25) is 0 Å². The Morgan fingerprint density at radius 1 is 1.10 bits per heavy atom. The number of carboxylic acids is 1. The van der Waals surface area contributed by atoms with Crippen LogP contribution >= 0.6 is 0 Å². The third-order valence-corrected chi connectivity index (χ3v) is 5.93. The van der Waals surface area contributed by atoms with Crippen molar-refractivity contribution in [2.45, 2.75) is 57.9 Å². The van der Waals surface area contributed by atoms with Crippen molar-refractivity contribution in [3.8, 4) is 23.0 Å². The van der Waals surface area contributed by atoms with Gasteiger partial charge in [0.05, 0.1) is 5.56 Å². The maximum atomic E-state index is 11.5. The fourth-order valence-electron chi connectivity index (χ4n) is 4.24. The summed E-state index contributed by atoms with van der Waals surface area (Å²) in [7, 11) is 0. The molecule has 1 heterocycles. The highest BCUT2D eigenvalue weighted by molar-refractivity contribution is 5.95. The number of carbonyl (C=O) groups is 1. The van der Waals surface area contributed by atoms with Gasteiger partial charge in [0, 0.05) is 12.3 Å². The molecule has 1 saturated carbocycles. The Kier molecular flexibility index (Phi) is 6.47. The number of nitrogens with zero attached hydrogens (tertiary/aromatic N) is 3. The van der Waals surface area contributed by atoms with Crippen LogP contribution in [0.15, 0.2) is 48.5 Å². The van der Waals surface area contributed by atoms with Crippen molar-refractivity contribution >= 4 is 5.97 Å². The summed E-state index contributed by atoms with van der Waals surface area (Å²) in [6.07, 6.45) is 6.82. The van der Waals surface area contributed by atoms with E-state index < -0.39 is 5.97 Å². The van der Waals surface area contributed by atoms with Gasteiger partial charge in [0.1, 0.15) is 12.4 Å². The molecule has 0 bridgehead atoms. The fraction of sp³-hybridized carbons (Fsp3) is 0.346. The number of hydrogen-bond acceptors (Lipinski definition) is 3. The molecule has 0 aliphatic heterocycles. The van der Waals surface area contributed by atoms with Crippen LogP contribution in [0.3, 0.4) is 0 Å². The quantitative estimate of drug-likeness (QED) is 0.557. The highest BCUT2D eigenvalue weighted by Gasteiger charge is 2.21. The van der Waals surface area contributed by atoms with Crippen LogP contribution in [0.1, 0.15) is 72.5 Å². The lowest BCUT2D eigenvalue weighted by Gasteiger charge is -2.18. The molecule has 1 aliphatic carbocycles. The zero-order valence-corrected chi connectivity index (χ0v) is 17.8. The summed E-state index contributed by atoms with van der Waals surface area (Å²) in [5.41, 5.74) is 3.04. The zero-order valence-electron chi connectivity index (χ0n) is 17.8. The van der Waals surface area contributed by atoms with Crippen molar-refractivity contribution in [2.24, 2.45) is 0 Å². The van der Waals surface area contributed by atoms with Gasteiger partial charge in [-0.1, -0.05) is 67.6 Å². The van der Waals surface area contributed by atoms with Gasteiger partial charge in [-0.2, -0.15) is 5.10 Å². The maximum absolute atomic E-state index is 11.5. The second-order valence-electron chi connectivity index (χ2n) is 8.03. The summed E-state index contributed by atoms with van der Waals surface area (Å²) in [5, 5.41) is 14.3. The van der Waals surface area contributed by atoms with Crippen molar-refractivity contribution in [3.63, 3.8) is 0 Å². The SMILES string of the molecule is CC#CCn1nc(C2CCCCC2)nc1Cc1ccc(-c2ccccc2C(=O)O)cc1. The highest BCUT2D eigenvalue weighted by Crippen LogP contribution is 2.31. The van der Waals surface area contributed by atoms with E-state index in [1.54, 1.807) is 12.1 Å². The lowest BCUT2D eigenvalue weighted by Crippen LogP contribution is -2.07. The maximum Gasteiger partial charge on any atom is 0.336 e. The van der Waals surface area contributed by atoms with Gasteiger partial charge in [0.15, 0.2) is 5.82 Å². The summed E-state index contributed by atoms with van der Waals surface area (Å²) < 4.78 is 1.94. The molecule has 5 nitrogen and oxygen atoms in total. The van der Waals surface area contributed by atoms with Crippen LogP contribution in [0.5, 0.6) is 0 Å². The molecular formula is C26H27N3O2. The number of aromatic nitrogens is 3. The minimum atomic E-state index is -0.917. The largest absolute Gasteiger partial charge is 0.478 e. The third kappa shape index (κ3) is 4.86. The summed E-state index contributed by atoms with van der Waals surface area (Å²) >= 11 is 0. The fourth-order valence-corrected chi connectivity index (χ4v) is 4.24. The van der Waals surface area contributed by atoms with Gasteiger partial charge >= 0.3 is 5.97 Å². The van der Waals surface area contributed by atoms with E-state index in [9.17, 15) is 9.90 Å². The average Bonchev–Trinajstić information content (AvgIpc) is 3.21. The predicted octanol–water partition coefficient (Wildman–Crippen LogP) is 5.31. The van der Waals surface area contributed by atoms with Gasteiger partial charge < -0.3 is 5.11 Å². The van der Waals surface area contributed by atoms with Crippen LogP contribution in [-0.2, 0) is 13.0 Å². The molecule has 0 atom stereocenters. The lowest BCUT2D eigenvalue weighted by atomic mass is 9.89. The molecule has 0 spiro atoms. The minimum Gasteiger partial charge on any atom is -0.478 e. The number of hydrogen-bond donors (Lipinski definition) is 1. The van der Waals surface area contributed by atoms with Gasteiger partial charge in [-0.3, -0.25) is 0 Å². The molecular weight excluding hydrogens is 386 g/mol. The van der Waals surface area contributed by atoms with E-state index in [0.29, 0.717) is 24.4 Å². The third-order valence-electron chi connectivity index (χ3n) is 5.93. The summed E-state index contributed by atoms with van der Waals surface area (Å²) in [4.78, 5) is 16.4. The number of rotatable bonds is 6. The van der Waals surface area contributed by atoms with E-state index >= 15 is 0 Å². The monoisotopic (exact) mass is 413 g/mol. The Labute approximate surface area is 183 Å². The first kappa shape index (κ1) is 20.9. The first-order valence-corrected chi connectivity index (χ1v) is 10.9. The van der Waals surface area contributed by atoms with Gasteiger partial charge in [0.25, 0.3) is 0 Å². The van der Waals surface area contributed by atoms with Crippen molar-refractivity contribution in [3.05, 3.63) is 71.3 Å². The molecule has 4 rings (SSSR count). The van der Waals surface area contributed by atoms with Crippen molar-refractivity contribution in [1.29, 1.82) is 0 Å². The first-order chi connectivity index (χ1) is 15.2. The van der Waals surface area contributed by atoms with Crippen molar-refractivity contribution in [2.75, 3.05) is 0 Å². The van der Waals surface area contributed by atoms with Crippen LogP contribution in [0.25, 0.3) is 11.1 Å². The summed E-state index contributed by atoms with van der Waals surface area (Å²) in [5.74, 6) is 7.49. The Morgan fingerprint density at radius 3 is 2.55 bits per heavy atom. The van der Waals surface area contributed by atoms with Crippen LogP contribution < -0.4 is 0 Å². The number of carboxylic acid groups (broad SMARTS) is 1. The summed E-state index contributed by atoms with van der Waals surface area (Å²) in [6, 6.07) is 15.1. The average molecular weight is 414 g/mol. The number of benzene rings is 2. The molecule has 2 aromatic carbocycles. The predicted molar refractivity (Wildman–Crippen MR) is 121 cm³/mol. The molecule has 1 aliphatic rings. The van der Waals surface area contributed by atoms with E-state index in [2.05, 4.69) is 11.8 Å². The Balaban J connectivity index is 1.58. The van der Waals surface area contributed by atoms with Crippen LogP contribution in [0, 0.1) is 11.8 Å². The standard InChI is InChI=1S/C26H27N3O2/c1-2-3-17-29-24(27-25(28-29)21-9-5-4-6-10-21)18-19-13-15-20(16-14-19)22-11-7-8-12-23(22)26(30)31/h7-8,11-16,21H,4-6,9-10,17-18H2,1H3,(H,30,31). The minimum absolute atomic E-state index is 0.310. The molecule has 31 heavy (non-hydrogen) atoms.